The standard InChI is InChI=1S/C13H15N3S/c1-2-12(14)10-3-5-11(6-4-10)17-13-7-8-15-9-16-13/h3-9,12H,2,14H2,1H3/t12-/m1/s1. The normalized spacial score (nSPS) is 12.4. The predicted octanol–water partition coefficient (Wildman–Crippen LogP) is 3.04. The van der Waals surface area contributed by atoms with Gasteiger partial charge in [0.25, 0.3) is 0 Å². The summed E-state index contributed by atoms with van der Waals surface area (Å²) in [6, 6.07) is 10.4. The molecule has 2 N–H and O–H groups in total. The second kappa shape index (κ2) is 5.80. The number of hydrogen-bond acceptors (Lipinski definition) is 4. The predicted molar refractivity (Wildman–Crippen MR) is 69.8 cm³/mol. The van der Waals surface area contributed by atoms with E-state index in [0.717, 1.165) is 16.3 Å². The molecule has 0 fully saturated rings. The Morgan fingerprint density at radius 3 is 2.59 bits per heavy atom. The van der Waals surface area contributed by atoms with Gasteiger partial charge in [0.05, 0.1) is 0 Å². The lowest BCUT2D eigenvalue weighted by Gasteiger charge is -2.09. The van der Waals surface area contributed by atoms with Crippen molar-refractivity contribution in [1.29, 1.82) is 0 Å². The van der Waals surface area contributed by atoms with E-state index < -0.39 is 0 Å². The first-order valence-corrected chi connectivity index (χ1v) is 6.40. The Hall–Kier alpha value is -1.39. The third-order valence-electron chi connectivity index (χ3n) is 2.53. The molecule has 0 amide bonds. The lowest BCUT2D eigenvalue weighted by molar-refractivity contribution is 0.698. The molecule has 88 valence electrons. The number of rotatable bonds is 4. The van der Waals surface area contributed by atoms with E-state index in [1.807, 2.05) is 6.07 Å². The highest BCUT2D eigenvalue weighted by molar-refractivity contribution is 7.99. The van der Waals surface area contributed by atoms with E-state index in [2.05, 4.69) is 41.2 Å². The van der Waals surface area contributed by atoms with Gasteiger partial charge in [-0.15, -0.1) is 0 Å². The van der Waals surface area contributed by atoms with Crippen LogP contribution in [0.2, 0.25) is 0 Å². The van der Waals surface area contributed by atoms with Gasteiger partial charge in [0, 0.05) is 17.1 Å². The number of hydrogen-bond donors (Lipinski definition) is 1. The molecule has 3 nitrogen and oxygen atoms in total. The molecule has 1 aromatic heterocycles. The summed E-state index contributed by atoms with van der Waals surface area (Å²) in [6.07, 6.45) is 4.26. The Balaban J connectivity index is 2.08. The Labute approximate surface area is 105 Å². The zero-order chi connectivity index (χ0) is 12.1. The average Bonchev–Trinajstić information content (AvgIpc) is 2.40. The van der Waals surface area contributed by atoms with Crippen molar-refractivity contribution >= 4 is 11.8 Å². The maximum Gasteiger partial charge on any atom is 0.116 e. The molecule has 0 aliphatic rings. The zero-order valence-electron chi connectivity index (χ0n) is 9.71. The van der Waals surface area contributed by atoms with Crippen LogP contribution in [0.15, 0.2) is 52.8 Å². The van der Waals surface area contributed by atoms with Gasteiger partial charge >= 0.3 is 0 Å². The third kappa shape index (κ3) is 3.28. The summed E-state index contributed by atoms with van der Waals surface area (Å²) in [7, 11) is 0. The van der Waals surface area contributed by atoms with Crippen LogP contribution >= 0.6 is 11.8 Å². The fraction of sp³-hybridized carbons (Fsp3) is 0.231. The molecule has 0 bridgehead atoms. The topological polar surface area (TPSA) is 51.8 Å². The maximum absolute atomic E-state index is 5.97. The largest absolute Gasteiger partial charge is 0.324 e. The SMILES string of the molecule is CC[C@@H](N)c1ccc(Sc2ccncn2)cc1. The van der Waals surface area contributed by atoms with Crippen molar-refractivity contribution in [3.8, 4) is 0 Å². The van der Waals surface area contributed by atoms with Crippen LogP contribution in [-0.2, 0) is 0 Å². The minimum atomic E-state index is 0.133. The molecular weight excluding hydrogens is 230 g/mol. The van der Waals surface area contributed by atoms with Crippen LogP contribution in [-0.4, -0.2) is 9.97 Å². The molecule has 0 aliphatic heterocycles. The molecule has 1 aromatic carbocycles. The van der Waals surface area contributed by atoms with E-state index in [0.29, 0.717) is 0 Å². The Bertz CT molecular complexity index is 456. The van der Waals surface area contributed by atoms with E-state index in [1.165, 1.54) is 5.56 Å². The van der Waals surface area contributed by atoms with Gasteiger partial charge in [-0.25, -0.2) is 9.97 Å². The fourth-order valence-electron chi connectivity index (χ4n) is 1.48. The molecule has 0 radical (unpaired) electrons. The van der Waals surface area contributed by atoms with Gasteiger partial charge < -0.3 is 5.73 Å². The lowest BCUT2D eigenvalue weighted by Crippen LogP contribution is -2.07. The first kappa shape index (κ1) is 12.1. The van der Waals surface area contributed by atoms with Crippen LogP contribution in [0.3, 0.4) is 0 Å². The molecule has 2 rings (SSSR count). The smallest absolute Gasteiger partial charge is 0.116 e. The molecule has 17 heavy (non-hydrogen) atoms. The first-order valence-electron chi connectivity index (χ1n) is 5.59. The van der Waals surface area contributed by atoms with Gasteiger partial charge in [-0.05, 0) is 30.2 Å². The Kier molecular flexibility index (Phi) is 4.12. The van der Waals surface area contributed by atoms with Crippen molar-refractivity contribution in [1.82, 2.24) is 9.97 Å². The quantitative estimate of drug-likeness (QED) is 0.841. The number of aromatic nitrogens is 2. The van der Waals surface area contributed by atoms with Crippen molar-refractivity contribution in [2.75, 3.05) is 0 Å². The van der Waals surface area contributed by atoms with Gasteiger partial charge in [0.1, 0.15) is 11.4 Å². The zero-order valence-corrected chi connectivity index (χ0v) is 10.5. The van der Waals surface area contributed by atoms with Crippen LogP contribution in [0.4, 0.5) is 0 Å². The second-order valence-electron chi connectivity index (χ2n) is 3.73. The Morgan fingerprint density at radius 2 is 2.00 bits per heavy atom. The highest BCUT2D eigenvalue weighted by Crippen LogP contribution is 2.26. The van der Waals surface area contributed by atoms with Gasteiger partial charge in [0.2, 0.25) is 0 Å². The molecule has 0 spiro atoms. The minimum Gasteiger partial charge on any atom is -0.324 e. The van der Waals surface area contributed by atoms with Crippen LogP contribution in [0, 0.1) is 0 Å². The van der Waals surface area contributed by atoms with Gasteiger partial charge in [-0.1, -0.05) is 30.8 Å². The second-order valence-corrected chi connectivity index (χ2v) is 4.83. The summed E-state index contributed by atoms with van der Waals surface area (Å²) in [5.74, 6) is 0. The summed E-state index contributed by atoms with van der Waals surface area (Å²) in [6.45, 7) is 2.09. The van der Waals surface area contributed by atoms with Crippen molar-refractivity contribution in [3.63, 3.8) is 0 Å². The third-order valence-corrected chi connectivity index (χ3v) is 3.48. The minimum absolute atomic E-state index is 0.133. The molecule has 0 unspecified atom stereocenters. The molecular formula is C13H15N3S. The monoisotopic (exact) mass is 245 g/mol. The van der Waals surface area contributed by atoms with Gasteiger partial charge in [0.15, 0.2) is 0 Å². The molecule has 0 saturated carbocycles. The number of nitrogens with two attached hydrogens (primary N) is 1. The van der Waals surface area contributed by atoms with Crippen LogP contribution in [0.1, 0.15) is 24.9 Å². The summed E-state index contributed by atoms with van der Waals surface area (Å²) in [5.41, 5.74) is 7.15. The molecule has 0 aliphatic carbocycles. The molecule has 4 heteroatoms. The summed E-state index contributed by atoms with van der Waals surface area (Å²) in [5, 5.41) is 0.951. The van der Waals surface area contributed by atoms with E-state index in [4.69, 9.17) is 5.73 Å². The first-order chi connectivity index (χ1) is 8.29. The van der Waals surface area contributed by atoms with Crippen molar-refractivity contribution < 1.29 is 0 Å². The molecule has 1 heterocycles. The molecule has 2 aromatic rings. The van der Waals surface area contributed by atoms with E-state index >= 15 is 0 Å². The van der Waals surface area contributed by atoms with Crippen molar-refractivity contribution in [2.24, 2.45) is 5.73 Å². The highest BCUT2D eigenvalue weighted by atomic mass is 32.2. The van der Waals surface area contributed by atoms with Gasteiger partial charge in [-0.2, -0.15) is 0 Å². The van der Waals surface area contributed by atoms with Crippen molar-refractivity contribution in [3.05, 3.63) is 48.4 Å². The number of benzene rings is 1. The van der Waals surface area contributed by atoms with E-state index in [-0.39, 0.29) is 6.04 Å². The van der Waals surface area contributed by atoms with Crippen LogP contribution in [0.5, 0.6) is 0 Å². The molecule has 1 atom stereocenters. The highest BCUT2D eigenvalue weighted by Gasteiger charge is 2.03. The van der Waals surface area contributed by atoms with Crippen LogP contribution < -0.4 is 5.73 Å². The fourth-order valence-corrected chi connectivity index (χ4v) is 2.22. The average molecular weight is 245 g/mol. The summed E-state index contributed by atoms with van der Waals surface area (Å²) >= 11 is 1.62. The maximum atomic E-state index is 5.97. The van der Waals surface area contributed by atoms with Gasteiger partial charge in [-0.3, -0.25) is 0 Å². The number of nitrogens with zero attached hydrogens (tertiary/aromatic N) is 2. The Morgan fingerprint density at radius 1 is 1.24 bits per heavy atom. The summed E-state index contributed by atoms with van der Waals surface area (Å²) < 4.78 is 0. The van der Waals surface area contributed by atoms with Crippen LogP contribution in [0.25, 0.3) is 0 Å². The summed E-state index contributed by atoms with van der Waals surface area (Å²) in [4.78, 5) is 9.23. The molecule has 0 saturated heterocycles. The van der Waals surface area contributed by atoms with Crippen molar-refractivity contribution in [2.45, 2.75) is 29.3 Å². The van der Waals surface area contributed by atoms with E-state index in [1.54, 1.807) is 24.3 Å². The lowest BCUT2D eigenvalue weighted by atomic mass is 10.1. The van der Waals surface area contributed by atoms with E-state index in [9.17, 15) is 0 Å².